The van der Waals surface area contributed by atoms with Crippen LogP contribution in [-0.4, -0.2) is 55.2 Å². The van der Waals surface area contributed by atoms with Crippen molar-refractivity contribution in [1.82, 2.24) is 10.0 Å². The molecule has 0 aromatic carbocycles. The van der Waals surface area contributed by atoms with Gasteiger partial charge in [0.05, 0.1) is 5.75 Å². The Labute approximate surface area is 117 Å². The second-order valence-corrected chi connectivity index (χ2v) is 6.95. The van der Waals surface area contributed by atoms with Crippen molar-refractivity contribution < 1.29 is 23.1 Å². The minimum absolute atomic E-state index is 0.134. The second kappa shape index (κ2) is 8.39. The molecule has 1 amide bonds. The Morgan fingerprint density at radius 2 is 1.95 bits per heavy atom. The van der Waals surface area contributed by atoms with Crippen molar-refractivity contribution in [2.24, 2.45) is 0 Å². The summed E-state index contributed by atoms with van der Waals surface area (Å²) >= 11 is 1.48. The molecule has 0 fully saturated rings. The van der Waals surface area contributed by atoms with Gasteiger partial charge in [-0.1, -0.05) is 0 Å². The fourth-order valence-corrected chi connectivity index (χ4v) is 2.45. The summed E-state index contributed by atoms with van der Waals surface area (Å²) in [6.07, 6.45) is 2.14. The van der Waals surface area contributed by atoms with E-state index in [1.54, 1.807) is 0 Å². The first-order valence-corrected chi connectivity index (χ1v) is 8.80. The first-order valence-electron chi connectivity index (χ1n) is 5.75. The number of carbonyl (C=O) groups is 2. The maximum Gasteiger partial charge on any atom is 0.325 e. The third-order valence-electron chi connectivity index (χ3n) is 2.36. The topological polar surface area (TPSA) is 113 Å². The average molecular weight is 312 g/mol. The molecule has 0 aliphatic heterocycles. The van der Waals surface area contributed by atoms with Crippen LogP contribution in [0.1, 0.15) is 20.3 Å². The Morgan fingerprint density at radius 1 is 1.37 bits per heavy atom. The lowest BCUT2D eigenvalue weighted by Gasteiger charge is -2.19. The minimum atomic E-state index is -3.52. The highest BCUT2D eigenvalue weighted by Crippen LogP contribution is 2.03. The molecule has 0 bridgehead atoms. The van der Waals surface area contributed by atoms with E-state index in [0.717, 1.165) is 0 Å². The van der Waals surface area contributed by atoms with E-state index in [1.165, 1.54) is 25.6 Å². The third-order valence-corrected chi connectivity index (χ3v) is 4.41. The van der Waals surface area contributed by atoms with Gasteiger partial charge in [-0.3, -0.25) is 9.59 Å². The first kappa shape index (κ1) is 18.2. The van der Waals surface area contributed by atoms with Crippen LogP contribution in [-0.2, 0) is 19.6 Å². The number of sulfonamides is 1. The Balaban J connectivity index is 4.74. The highest BCUT2D eigenvalue weighted by atomic mass is 32.2. The van der Waals surface area contributed by atoms with Gasteiger partial charge in [0.15, 0.2) is 0 Å². The first-order chi connectivity index (χ1) is 8.73. The van der Waals surface area contributed by atoms with Crippen LogP contribution in [0.25, 0.3) is 0 Å². The number of carbonyl (C=O) groups excluding carboxylic acids is 1. The number of amides is 1. The van der Waals surface area contributed by atoms with Gasteiger partial charge >= 0.3 is 5.97 Å². The number of nitrogens with one attached hydrogen (secondary N) is 2. The summed E-state index contributed by atoms with van der Waals surface area (Å²) in [5.74, 6) is -1.34. The molecule has 0 aromatic rings. The average Bonchev–Trinajstić information content (AvgIpc) is 2.33. The van der Waals surface area contributed by atoms with Gasteiger partial charge in [-0.25, -0.2) is 13.1 Å². The fourth-order valence-electron chi connectivity index (χ4n) is 1.16. The smallest absolute Gasteiger partial charge is 0.325 e. The van der Waals surface area contributed by atoms with Gasteiger partial charge in [-0.15, -0.1) is 0 Å². The fraction of sp³-hybridized carbons (Fsp3) is 0.800. The minimum Gasteiger partial charge on any atom is -0.480 e. The van der Waals surface area contributed by atoms with E-state index in [2.05, 4.69) is 10.0 Å². The third kappa shape index (κ3) is 7.38. The lowest BCUT2D eigenvalue weighted by atomic mass is 10.2. The molecular formula is C10H20N2O5S2. The predicted octanol–water partition coefficient (Wildman–Crippen LogP) is -0.363. The molecule has 112 valence electrons. The zero-order valence-electron chi connectivity index (χ0n) is 11.2. The normalized spacial score (nSPS) is 14.7. The number of thioether (sulfide) groups is 1. The molecule has 3 N–H and O–H groups in total. The quantitative estimate of drug-likeness (QED) is 0.536. The van der Waals surface area contributed by atoms with Crippen LogP contribution in [0.15, 0.2) is 0 Å². The summed E-state index contributed by atoms with van der Waals surface area (Å²) in [5.41, 5.74) is 0. The van der Waals surface area contributed by atoms with E-state index in [-0.39, 0.29) is 5.75 Å². The zero-order valence-corrected chi connectivity index (χ0v) is 12.8. The molecule has 19 heavy (non-hydrogen) atoms. The Kier molecular flexibility index (Phi) is 8.03. The standard InChI is InChI=1S/C10H20N2O5S2/c1-4-19(16,17)12-8(5-6-18-3)9(13)11-7(2)10(14)15/h7-8,12H,4-6H2,1-3H3,(H,11,13)(H,14,15). The van der Waals surface area contributed by atoms with E-state index in [4.69, 9.17) is 5.11 Å². The van der Waals surface area contributed by atoms with E-state index in [1.807, 2.05) is 6.26 Å². The molecule has 0 heterocycles. The molecule has 0 aliphatic carbocycles. The molecule has 9 heteroatoms. The van der Waals surface area contributed by atoms with Crippen molar-refractivity contribution in [3.05, 3.63) is 0 Å². The van der Waals surface area contributed by atoms with E-state index >= 15 is 0 Å². The number of rotatable bonds is 9. The maximum absolute atomic E-state index is 11.8. The van der Waals surface area contributed by atoms with Gasteiger partial charge < -0.3 is 10.4 Å². The van der Waals surface area contributed by atoms with Gasteiger partial charge in [0, 0.05) is 0 Å². The van der Waals surface area contributed by atoms with Gasteiger partial charge in [-0.05, 0) is 32.3 Å². The highest BCUT2D eigenvalue weighted by molar-refractivity contribution is 7.98. The number of carboxylic acid groups (broad SMARTS) is 1. The molecule has 7 nitrogen and oxygen atoms in total. The number of aliphatic carboxylic acids is 1. The van der Waals surface area contributed by atoms with Crippen molar-refractivity contribution >= 4 is 33.7 Å². The van der Waals surface area contributed by atoms with Crippen molar-refractivity contribution in [2.45, 2.75) is 32.4 Å². The molecular weight excluding hydrogens is 292 g/mol. The van der Waals surface area contributed by atoms with Crippen LogP contribution in [0, 0.1) is 0 Å². The van der Waals surface area contributed by atoms with Crippen molar-refractivity contribution in [3.8, 4) is 0 Å². The Morgan fingerprint density at radius 3 is 2.37 bits per heavy atom. The molecule has 2 atom stereocenters. The van der Waals surface area contributed by atoms with Crippen molar-refractivity contribution in [2.75, 3.05) is 17.8 Å². The van der Waals surface area contributed by atoms with E-state index in [0.29, 0.717) is 12.2 Å². The van der Waals surface area contributed by atoms with E-state index < -0.39 is 34.0 Å². The number of hydrogen-bond donors (Lipinski definition) is 3. The molecule has 2 unspecified atom stereocenters. The number of carboxylic acids is 1. The summed E-state index contributed by atoms with van der Waals surface area (Å²) in [6, 6.07) is -2.00. The van der Waals surface area contributed by atoms with Gasteiger partial charge in [0.2, 0.25) is 15.9 Å². The van der Waals surface area contributed by atoms with Crippen molar-refractivity contribution in [3.63, 3.8) is 0 Å². The van der Waals surface area contributed by atoms with Crippen molar-refractivity contribution in [1.29, 1.82) is 0 Å². The van der Waals surface area contributed by atoms with Crippen LogP contribution >= 0.6 is 11.8 Å². The van der Waals surface area contributed by atoms with E-state index in [9.17, 15) is 18.0 Å². The van der Waals surface area contributed by atoms with Crippen LogP contribution in [0.3, 0.4) is 0 Å². The molecule has 0 aromatic heterocycles. The lowest BCUT2D eigenvalue weighted by molar-refractivity contribution is -0.141. The molecule has 0 radical (unpaired) electrons. The largest absolute Gasteiger partial charge is 0.480 e. The van der Waals surface area contributed by atoms with Crippen LogP contribution in [0.2, 0.25) is 0 Å². The summed E-state index contributed by atoms with van der Waals surface area (Å²) in [6.45, 7) is 2.78. The molecule has 0 saturated heterocycles. The predicted molar refractivity (Wildman–Crippen MR) is 74.6 cm³/mol. The molecule has 0 aliphatic rings. The Bertz CT molecular complexity index is 410. The Hall–Kier alpha value is -0.800. The maximum atomic E-state index is 11.8. The summed E-state index contributed by atoms with van der Waals surface area (Å²) in [4.78, 5) is 22.5. The monoisotopic (exact) mass is 312 g/mol. The van der Waals surface area contributed by atoms with Crippen LogP contribution < -0.4 is 10.0 Å². The summed E-state index contributed by atoms with van der Waals surface area (Å²) in [7, 11) is -3.52. The van der Waals surface area contributed by atoms with Gasteiger partial charge in [-0.2, -0.15) is 11.8 Å². The summed E-state index contributed by atoms with van der Waals surface area (Å²) < 4.78 is 25.2. The second-order valence-electron chi connectivity index (χ2n) is 3.92. The lowest BCUT2D eigenvalue weighted by Crippen LogP contribution is -2.51. The zero-order chi connectivity index (χ0) is 15.1. The van der Waals surface area contributed by atoms with Gasteiger partial charge in [0.1, 0.15) is 12.1 Å². The molecule has 0 rings (SSSR count). The van der Waals surface area contributed by atoms with Crippen LogP contribution in [0.4, 0.5) is 0 Å². The number of hydrogen-bond acceptors (Lipinski definition) is 5. The van der Waals surface area contributed by atoms with Gasteiger partial charge in [0.25, 0.3) is 0 Å². The molecule has 0 saturated carbocycles. The highest BCUT2D eigenvalue weighted by Gasteiger charge is 2.25. The summed E-state index contributed by atoms with van der Waals surface area (Å²) in [5, 5.41) is 11.0. The SMILES string of the molecule is CCS(=O)(=O)NC(CCSC)C(=O)NC(C)C(=O)O. The molecule has 0 spiro atoms. The van der Waals surface area contributed by atoms with Crippen LogP contribution in [0.5, 0.6) is 0 Å².